The molecule has 1 N–H and O–H groups in total. The molecule has 106 valence electrons. The number of carbonyl (C=O) groups is 1. The normalized spacial score (nSPS) is 11.9. The number of hydrogen-bond acceptors (Lipinski definition) is 6. The van der Waals surface area contributed by atoms with Gasteiger partial charge >= 0.3 is 0 Å². The molecule has 0 aliphatic carbocycles. The van der Waals surface area contributed by atoms with E-state index in [1.54, 1.807) is 5.51 Å². The molecule has 0 saturated heterocycles. The summed E-state index contributed by atoms with van der Waals surface area (Å²) in [5.41, 5.74) is 2.41. The summed E-state index contributed by atoms with van der Waals surface area (Å²) < 4.78 is 6.14. The van der Waals surface area contributed by atoms with Crippen LogP contribution in [0.2, 0.25) is 0 Å². The summed E-state index contributed by atoms with van der Waals surface area (Å²) in [4.78, 5) is 12.0. The van der Waals surface area contributed by atoms with Gasteiger partial charge in [-0.1, -0.05) is 23.1 Å². The minimum atomic E-state index is -0.227. The molecule has 0 bridgehead atoms. The van der Waals surface area contributed by atoms with Crippen LogP contribution in [0, 0.1) is 0 Å². The average Bonchev–Trinajstić information content (AvgIpc) is 2.94. The number of aromatic nitrogens is 2. The first-order valence-corrected chi connectivity index (χ1v) is 7.91. The van der Waals surface area contributed by atoms with Gasteiger partial charge in [-0.2, -0.15) is 0 Å². The van der Waals surface area contributed by atoms with Crippen LogP contribution in [0.4, 0.5) is 5.69 Å². The summed E-state index contributed by atoms with van der Waals surface area (Å²) in [6, 6.07) is 7.32. The minimum absolute atomic E-state index is 0.0608. The molecule has 2 aromatic rings. The molecule has 0 fully saturated rings. The average molecular weight is 309 g/mol. The molecule has 7 heteroatoms. The maximum absolute atomic E-state index is 12.0. The van der Waals surface area contributed by atoms with E-state index in [1.165, 1.54) is 23.1 Å². The van der Waals surface area contributed by atoms with Gasteiger partial charge in [-0.25, -0.2) is 0 Å². The number of hydrogen-bond donors (Lipinski definition) is 1. The van der Waals surface area contributed by atoms with E-state index in [1.807, 2.05) is 38.1 Å². The summed E-state index contributed by atoms with van der Waals surface area (Å²) in [7, 11) is 0. The molecule has 5 nitrogen and oxygen atoms in total. The molecular weight excluding hydrogens is 294 g/mol. The molecular formula is C13H15N3O2S2. The van der Waals surface area contributed by atoms with Crippen molar-refractivity contribution in [3.05, 3.63) is 29.8 Å². The monoisotopic (exact) mass is 309 g/mol. The largest absolute Gasteiger partial charge is 0.494 e. The van der Waals surface area contributed by atoms with Crippen LogP contribution in [0.3, 0.4) is 0 Å². The molecule has 0 aliphatic rings. The van der Waals surface area contributed by atoms with Crippen LogP contribution >= 0.6 is 23.1 Å². The van der Waals surface area contributed by atoms with Crippen molar-refractivity contribution >= 4 is 34.7 Å². The number of ether oxygens (including phenoxy) is 1. The van der Waals surface area contributed by atoms with E-state index in [9.17, 15) is 4.79 Å². The summed E-state index contributed by atoms with van der Waals surface area (Å²) in [5.74, 6) is 0.733. The number of nitrogens with zero attached hydrogens (tertiary/aromatic N) is 2. The Morgan fingerprint density at radius 3 is 2.80 bits per heavy atom. The Labute approximate surface area is 125 Å². The lowest BCUT2D eigenvalue weighted by Crippen LogP contribution is -2.22. The third kappa shape index (κ3) is 4.21. The highest BCUT2D eigenvalue weighted by Gasteiger charge is 2.16. The van der Waals surface area contributed by atoms with Crippen LogP contribution in [-0.4, -0.2) is 28.0 Å². The molecule has 1 amide bonds. The van der Waals surface area contributed by atoms with Crippen molar-refractivity contribution in [3.63, 3.8) is 0 Å². The standard InChI is InChI=1S/C13H15N3O2S2/c1-3-18-11-6-4-10(5-7-11)15-12(17)9(2)20-13-16-14-8-19-13/h4-9H,3H2,1-2H3,(H,15,17)/t9-/m0/s1. The van der Waals surface area contributed by atoms with Crippen molar-refractivity contribution < 1.29 is 9.53 Å². The van der Waals surface area contributed by atoms with E-state index in [4.69, 9.17) is 4.74 Å². The first-order valence-electron chi connectivity index (χ1n) is 6.15. The van der Waals surface area contributed by atoms with Gasteiger partial charge in [0.15, 0.2) is 4.34 Å². The third-order valence-corrected chi connectivity index (χ3v) is 4.33. The number of anilines is 1. The van der Waals surface area contributed by atoms with Crippen molar-refractivity contribution in [2.45, 2.75) is 23.4 Å². The lowest BCUT2D eigenvalue weighted by Gasteiger charge is -2.10. The van der Waals surface area contributed by atoms with Crippen molar-refractivity contribution in [2.75, 3.05) is 11.9 Å². The Kier molecular flexibility index (Phi) is 5.37. The lowest BCUT2D eigenvalue weighted by molar-refractivity contribution is -0.115. The molecule has 1 aromatic carbocycles. The fraction of sp³-hybridized carbons (Fsp3) is 0.308. The Balaban J connectivity index is 1.90. The van der Waals surface area contributed by atoms with E-state index in [2.05, 4.69) is 15.5 Å². The van der Waals surface area contributed by atoms with Gasteiger partial charge in [0.2, 0.25) is 5.91 Å². The zero-order valence-corrected chi connectivity index (χ0v) is 12.8. The Morgan fingerprint density at radius 2 is 2.20 bits per heavy atom. The molecule has 1 aromatic heterocycles. The second kappa shape index (κ2) is 7.25. The summed E-state index contributed by atoms with van der Waals surface area (Å²) in [6.07, 6.45) is 0. The van der Waals surface area contributed by atoms with Crippen molar-refractivity contribution in [1.29, 1.82) is 0 Å². The molecule has 2 rings (SSSR count). The van der Waals surface area contributed by atoms with E-state index in [0.29, 0.717) is 6.61 Å². The smallest absolute Gasteiger partial charge is 0.237 e. The molecule has 1 heterocycles. The minimum Gasteiger partial charge on any atom is -0.494 e. The van der Waals surface area contributed by atoms with Crippen molar-refractivity contribution in [3.8, 4) is 5.75 Å². The Bertz CT molecular complexity index is 543. The second-order valence-electron chi connectivity index (χ2n) is 3.91. The van der Waals surface area contributed by atoms with Crippen LogP contribution in [0.25, 0.3) is 0 Å². The van der Waals surface area contributed by atoms with E-state index < -0.39 is 0 Å². The number of carbonyl (C=O) groups excluding carboxylic acids is 1. The predicted molar refractivity (Wildman–Crippen MR) is 81.5 cm³/mol. The third-order valence-electron chi connectivity index (χ3n) is 2.42. The molecule has 0 unspecified atom stereocenters. The Hall–Kier alpha value is -1.60. The highest BCUT2D eigenvalue weighted by molar-refractivity contribution is 8.02. The second-order valence-corrected chi connectivity index (χ2v) is 6.33. The summed E-state index contributed by atoms with van der Waals surface area (Å²) in [5, 5.41) is 10.3. The van der Waals surface area contributed by atoms with Gasteiger partial charge in [-0.05, 0) is 38.1 Å². The summed E-state index contributed by atoms with van der Waals surface area (Å²) in [6.45, 7) is 4.40. The number of rotatable bonds is 6. The van der Waals surface area contributed by atoms with E-state index >= 15 is 0 Å². The van der Waals surface area contributed by atoms with Crippen molar-refractivity contribution in [2.24, 2.45) is 0 Å². The van der Waals surface area contributed by atoms with E-state index in [-0.39, 0.29) is 11.2 Å². The number of nitrogens with one attached hydrogen (secondary N) is 1. The zero-order valence-electron chi connectivity index (χ0n) is 11.2. The first kappa shape index (κ1) is 14.8. The van der Waals surface area contributed by atoms with Gasteiger partial charge in [0.1, 0.15) is 11.3 Å². The van der Waals surface area contributed by atoms with Gasteiger partial charge in [0, 0.05) is 5.69 Å². The van der Waals surface area contributed by atoms with Gasteiger partial charge in [0.25, 0.3) is 0 Å². The molecule has 1 atom stereocenters. The van der Waals surface area contributed by atoms with Gasteiger partial charge in [0.05, 0.1) is 11.9 Å². The first-order chi connectivity index (χ1) is 9.69. The highest BCUT2D eigenvalue weighted by atomic mass is 32.2. The van der Waals surface area contributed by atoms with Crippen LogP contribution < -0.4 is 10.1 Å². The van der Waals surface area contributed by atoms with E-state index in [0.717, 1.165) is 15.8 Å². The fourth-order valence-corrected chi connectivity index (χ4v) is 3.09. The quantitative estimate of drug-likeness (QED) is 0.831. The maximum atomic E-state index is 12.0. The molecule has 20 heavy (non-hydrogen) atoms. The maximum Gasteiger partial charge on any atom is 0.237 e. The molecule has 0 saturated carbocycles. The molecule has 0 spiro atoms. The summed E-state index contributed by atoms with van der Waals surface area (Å²) >= 11 is 2.82. The fourth-order valence-electron chi connectivity index (χ4n) is 1.46. The van der Waals surface area contributed by atoms with Crippen LogP contribution in [0.1, 0.15) is 13.8 Å². The van der Waals surface area contributed by atoms with Crippen molar-refractivity contribution in [1.82, 2.24) is 10.2 Å². The van der Waals surface area contributed by atoms with Crippen LogP contribution in [0.5, 0.6) is 5.75 Å². The molecule has 0 aliphatic heterocycles. The SMILES string of the molecule is CCOc1ccc(NC(=O)[C@H](C)Sc2nncs2)cc1. The lowest BCUT2D eigenvalue weighted by atomic mass is 10.3. The topological polar surface area (TPSA) is 64.1 Å². The highest BCUT2D eigenvalue weighted by Crippen LogP contribution is 2.25. The number of amides is 1. The van der Waals surface area contributed by atoms with Crippen LogP contribution in [0.15, 0.2) is 34.1 Å². The van der Waals surface area contributed by atoms with Gasteiger partial charge < -0.3 is 10.1 Å². The Morgan fingerprint density at radius 1 is 1.45 bits per heavy atom. The number of thioether (sulfide) groups is 1. The zero-order chi connectivity index (χ0) is 14.4. The van der Waals surface area contributed by atoms with Crippen LogP contribution in [-0.2, 0) is 4.79 Å². The molecule has 0 radical (unpaired) electrons. The number of benzene rings is 1. The predicted octanol–water partition coefficient (Wildman–Crippen LogP) is 3.06. The van der Waals surface area contributed by atoms with Gasteiger partial charge in [-0.15, -0.1) is 10.2 Å². The van der Waals surface area contributed by atoms with Gasteiger partial charge in [-0.3, -0.25) is 4.79 Å².